The third-order valence-electron chi connectivity index (χ3n) is 2.27. The number of halogens is 1. The molecule has 0 aromatic carbocycles. The monoisotopic (exact) mass is 299 g/mol. The zero-order valence-electron chi connectivity index (χ0n) is 10.1. The minimum Gasteiger partial charge on any atom is -0.445 e. The summed E-state index contributed by atoms with van der Waals surface area (Å²) in [5.41, 5.74) is 4.36. The van der Waals surface area contributed by atoms with Gasteiger partial charge in [0.05, 0.1) is 12.9 Å². The molecule has 0 unspecified atom stereocenters. The smallest absolute Gasteiger partial charge is 0.404 e. The molecule has 20 heavy (non-hydrogen) atoms. The van der Waals surface area contributed by atoms with Gasteiger partial charge in [-0.3, -0.25) is 0 Å². The van der Waals surface area contributed by atoms with E-state index in [0.29, 0.717) is 5.13 Å². The highest BCUT2D eigenvalue weighted by atomic mass is 32.1. The molecule has 2 N–H and O–H groups in total. The van der Waals surface area contributed by atoms with Gasteiger partial charge < -0.3 is 10.5 Å². The number of primary amides is 1. The first-order valence-electron chi connectivity index (χ1n) is 5.36. The van der Waals surface area contributed by atoms with Crippen molar-refractivity contribution in [2.24, 2.45) is 5.73 Å². The van der Waals surface area contributed by atoms with Crippen molar-refractivity contribution in [1.82, 2.24) is 19.3 Å². The Labute approximate surface area is 115 Å². The molecular weight excluding hydrogens is 289 g/mol. The molecule has 0 fully saturated rings. The van der Waals surface area contributed by atoms with Crippen LogP contribution in [-0.2, 0) is 11.3 Å². The van der Waals surface area contributed by atoms with E-state index in [2.05, 4.69) is 14.8 Å². The van der Waals surface area contributed by atoms with Crippen molar-refractivity contribution in [3.05, 3.63) is 40.3 Å². The van der Waals surface area contributed by atoms with Gasteiger partial charge in [-0.2, -0.15) is 5.10 Å². The Morgan fingerprint density at radius 3 is 3.00 bits per heavy atom. The van der Waals surface area contributed by atoms with E-state index in [1.165, 1.54) is 22.2 Å². The third-order valence-corrected chi connectivity index (χ3v) is 3.04. The number of amides is 1. The van der Waals surface area contributed by atoms with E-state index in [0.717, 1.165) is 4.68 Å². The third kappa shape index (κ3) is 3.09. The van der Waals surface area contributed by atoms with Gasteiger partial charge in [0.2, 0.25) is 0 Å². The fourth-order valence-corrected chi connectivity index (χ4v) is 1.98. The van der Waals surface area contributed by atoms with Crippen LogP contribution in [0.4, 0.5) is 9.18 Å². The number of hydrogen-bond donors (Lipinski definition) is 1. The van der Waals surface area contributed by atoms with E-state index >= 15 is 0 Å². The molecule has 0 aliphatic heterocycles. The summed E-state index contributed by atoms with van der Waals surface area (Å²) in [6.07, 6.45) is 2.06. The number of carbonyl (C=O) groups excluding carboxylic acids is 1. The Hall–Kier alpha value is -2.49. The van der Waals surface area contributed by atoms with Crippen molar-refractivity contribution in [2.45, 2.75) is 6.54 Å². The number of hydrogen-bond acceptors (Lipinski definition) is 6. The Bertz CT molecular complexity index is 675. The Morgan fingerprint density at radius 1 is 1.60 bits per heavy atom. The van der Waals surface area contributed by atoms with Gasteiger partial charge in [-0.1, -0.05) is 0 Å². The second-order valence-corrected chi connectivity index (χ2v) is 4.50. The van der Waals surface area contributed by atoms with Crippen molar-refractivity contribution >= 4 is 17.4 Å². The Morgan fingerprint density at radius 2 is 2.40 bits per heavy atom. The minimum absolute atomic E-state index is 0.0512. The van der Waals surface area contributed by atoms with Crippen LogP contribution in [0.5, 0.6) is 0 Å². The number of carbonyl (C=O) groups is 1. The standard InChI is InChI=1S/C10H10FN5O3S/c11-3-7(5-19-8(12)17)4-16-10(18)15(6-14-16)9-13-1-2-20-9/h1-3,6H,4-5H2,(H2,12,17)/b7-3-. The van der Waals surface area contributed by atoms with Crippen LogP contribution in [0.1, 0.15) is 0 Å². The molecular formula is C10H10FN5O3S. The fraction of sp³-hybridized carbons (Fsp3) is 0.200. The molecule has 0 saturated heterocycles. The average Bonchev–Trinajstić information content (AvgIpc) is 3.04. The fourth-order valence-electron chi connectivity index (χ4n) is 1.38. The maximum absolute atomic E-state index is 12.7. The van der Waals surface area contributed by atoms with Crippen molar-refractivity contribution in [3.63, 3.8) is 0 Å². The molecule has 0 bridgehead atoms. The van der Waals surface area contributed by atoms with Gasteiger partial charge in [-0.25, -0.2) is 28.2 Å². The molecule has 106 valence electrons. The van der Waals surface area contributed by atoms with Crippen molar-refractivity contribution in [2.75, 3.05) is 6.61 Å². The zero-order chi connectivity index (χ0) is 14.5. The number of nitrogens with two attached hydrogens (primary N) is 1. The van der Waals surface area contributed by atoms with E-state index in [4.69, 9.17) is 5.73 Å². The first kappa shape index (κ1) is 13.9. The Kier molecular flexibility index (Phi) is 4.25. The lowest BCUT2D eigenvalue weighted by molar-refractivity contribution is 0.164. The normalized spacial score (nSPS) is 11.6. The van der Waals surface area contributed by atoms with Gasteiger partial charge in [0.1, 0.15) is 12.9 Å². The maximum Gasteiger partial charge on any atom is 0.404 e. The van der Waals surface area contributed by atoms with Gasteiger partial charge in [-0.15, -0.1) is 11.3 Å². The van der Waals surface area contributed by atoms with Gasteiger partial charge in [0, 0.05) is 17.2 Å². The molecule has 1 amide bonds. The average molecular weight is 299 g/mol. The number of nitrogens with zero attached hydrogens (tertiary/aromatic N) is 4. The molecule has 0 atom stereocenters. The lowest BCUT2D eigenvalue weighted by Crippen LogP contribution is -2.26. The predicted octanol–water partition coefficient (Wildman–Crippen LogP) is 0.439. The predicted molar refractivity (Wildman–Crippen MR) is 68.2 cm³/mol. The SMILES string of the molecule is NC(=O)OC/C(=C\F)Cn1ncn(-c2nccs2)c1=O. The van der Waals surface area contributed by atoms with Crippen molar-refractivity contribution in [1.29, 1.82) is 0 Å². The molecule has 2 aromatic heterocycles. The lowest BCUT2D eigenvalue weighted by Gasteiger charge is -2.04. The van der Waals surface area contributed by atoms with Crippen molar-refractivity contribution in [3.8, 4) is 5.13 Å². The van der Waals surface area contributed by atoms with Crippen LogP contribution in [0.2, 0.25) is 0 Å². The molecule has 10 heteroatoms. The minimum atomic E-state index is -1.02. The summed E-state index contributed by atoms with van der Waals surface area (Å²) in [5.74, 6) is 0. The van der Waals surface area contributed by atoms with Crippen LogP contribution in [0.3, 0.4) is 0 Å². The van der Waals surface area contributed by atoms with Crippen LogP contribution < -0.4 is 11.4 Å². The largest absolute Gasteiger partial charge is 0.445 e. The second kappa shape index (κ2) is 6.10. The number of thiazole rings is 1. The van der Waals surface area contributed by atoms with Gasteiger partial charge in [0.15, 0.2) is 5.13 Å². The first-order valence-corrected chi connectivity index (χ1v) is 6.24. The molecule has 0 spiro atoms. The quantitative estimate of drug-likeness (QED) is 0.862. The molecule has 2 aromatic rings. The van der Waals surface area contributed by atoms with E-state index in [-0.39, 0.29) is 25.1 Å². The highest BCUT2D eigenvalue weighted by Gasteiger charge is 2.11. The van der Waals surface area contributed by atoms with Crippen LogP contribution in [-0.4, -0.2) is 32.0 Å². The van der Waals surface area contributed by atoms with Gasteiger partial charge in [0.25, 0.3) is 0 Å². The molecule has 2 rings (SSSR count). The van der Waals surface area contributed by atoms with Crippen LogP contribution in [0.25, 0.3) is 5.13 Å². The second-order valence-electron chi connectivity index (χ2n) is 3.63. The van der Waals surface area contributed by atoms with Gasteiger partial charge in [-0.05, 0) is 0 Å². The van der Waals surface area contributed by atoms with Crippen molar-refractivity contribution < 1.29 is 13.9 Å². The summed E-state index contributed by atoms with van der Waals surface area (Å²) in [4.78, 5) is 26.4. The highest BCUT2D eigenvalue weighted by Crippen LogP contribution is 2.07. The molecule has 0 aliphatic carbocycles. The maximum atomic E-state index is 12.7. The highest BCUT2D eigenvalue weighted by molar-refractivity contribution is 7.12. The molecule has 0 radical (unpaired) electrons. The summed E-state index contributed by atoms with van der Waals surface area (Å²) < 4.78 is 19.4. The summed E-state index contributed by atoms with van der Waals surface area (Å²) in [6, 6.07) is 0. The van der Waals surface area contributed by atoms with E-state index < -0.39 is 11.8 Å². The van der Waals surface area contributed by atoms with Crippen LogP contribution >= 0.6 is 11.3 Å². The number of rotatable bonds is 5. The van der Waals surface area contributed by atoms with E-state index in [1.54, 1.807) is 11.6 Å². The summed E-state index contributed by atoms with van der Waals surface area (Å²) >= 11 is 1.27. The summed E-state index contributed by atoms with van der Waals surface area (Å²) in [7, 11) is 0. The van der Waals surface area contributed by atoms with Crippen LogP contribution in [0.15, 0.2) is 34.6 Å². The lowest BCUT2D eigenvalue weighted by atomic mass is 10.3. The number of ether oxygens (including phenoxy) is 1. The molecule has 2 heterocycles. The summed E-state index contributed by atoms with van der Waals surface area (Å²) in [5, 5.41) is 6.01. The molecule has 8 nitrogen and oxygen atoms in total. The Balaban J connectivity index is 2.14. The van der Waals surface area contributed by atoms with Gasteiger partial charge >= 0.3 is 11.8 Å². The topological polar surface area (TPSA) is 105 Å². The molecule has 0 aliphatic rings. The number of aromatic nitrogens is 4. The summed E-state index contributed by atoms with van der Waals surface area (Å²) in [6.45, 7) is -0.497. The first-order chi connectivity index (χ1) is 9.61. The van der Waals surface area contributed by atoms with Crippen LogP contribution in [0, 0.1) is 0 Å². The zero-order valence-corrected chi connectivity index (χ0v) is 10.9. The van der Waals surface area contributed by atoms with E-state index in [9.17, 15) is 14.0 Å². The molecule has 0 saturated carbocycles. The van der Waals surface area contributed by atoms with E-state index in [1.807, 2.05) is 0 Å².